The SMILES string of the molecule is CC(C)(C)N.Cc1cc(C(=O)NC(C)c2ccnc(OCC(F)(F)F)c2)ccn1. The number of carbonyl (C=O) groups excluding carboxylic acids is 1. The summed E-state index contributed by atoms with van der Waals surface area (Å²) in [5.74, 6) is -0.451. The Hall–Kier alpha value is -2.68. The fourth-order valence-electron chi connectivity index (χ4n) is 1.98. The van der Waals surface area contributed by atoms with Crippen molar-refractivity contribution < 1.29 is 22.7 Å². The molecular weight excluding hydrogens is 385 g/mol. The number of halogens is 3. The van der Waals surface area contributed by atoms with Crippen molar-refractivity contribution in [3.8, 4) is 5.88 Å². The van der Waals surface area contributed by atoms with Gasteiger partial charge in [0, 0.05) is 35.3 Å². The van der Waals surface area contributed by atoms with Gasteiger partial charge in [-0.25, -0.2) is 4.98 Å². The molecule has 0 saturated heterocycles. The largest absolute Gasteiger partial charge is 0.468 e. The van der Waals surface area contributed by atoms with Gasteiger partial charge in [-0.3, -0.25) is 9.78 Å². The molecule has 160 valence electrons. The zero-order valence-corrected chi connectivity index (χ0v) is 17.2. The van der Waals surface area contributed by atoms with Gasteiger partial charge in [0.15, 0.2) is 6.61 Å². The molecule has 0 spiro atoms. The van der Waals surface area contributed by atoms with Gasteiger partial charge in [0.1, 0.15) is 0 Å². The van der Waals surface area contributed by atoms with Crippen LogP contribution < -0.4 is 15.8 Å². The number of aromatic nitrogens is 2. The first-order valence-corrected chi connectivity index (χ1v) is 8.92. The monoisotopic (exact) mass is 412 g/mol. The highest BCUT2D eigenvalue weighted by Gasteiger charge is 2.28. The van der Waals surface area contributed by atoms with Crippen LogP contribution in [0.5, 0.6) is 5.88 Å². The highest BCUT2D eigenvalue weighted by Crippen LogP contribution is 2.20. The minimum atomic E-state index is -4.43. The Kier molecular flexibility index (Phi) is 8.57. The molecule has 0 fully saturated rings. The Morgan fingerprint density at radius 1 is 1.17 bits per heavy atom. The third-order valence-electron chi connectivity index (χ3n) is 3.15. The quantitative estimate of drug-likeness (QED) is 0.776. The van der Waals surface area contributed by atoms with E-state index >= 15 is 0 Å². The Labute approximate surface area is 168 Å². The van der Waals surface area contributed by atoms with E-state index in [2.05, 4.69) is 20.0 Å². The number of carbonyl (C=O) groups is 1. The molecule has 1 atom stereocenters. The summed E-state index contributed by atoms with van der Waals surface area (Å²) in [5.41, 5.74) is 7.10. The van der Waals surface area contributed by atoms with Gasteiger partial charge in [0.05, 0.1) is 6.04 Å². The summed E-state index contributed by atoms with van der Waals surface area (Å²) >= 11 is 0. The lowest BCUT2D eigenvalue weighted by Crippen LogP contribution is -2.27. The van der Waals surface area contributed by atoms with Gasteiger partial charge < -0.3 is 15.8 Å². The van der Waals surface area contributed by atoms with Gasteiger partial charge in [-0.05, 0) is 58.4 Å². The number of nitrogens with two attached hydrogens (primary N) is 1. The van der Waals surface area contributed by atoms with Crippen molar-refractivity contribution in [3.63, 3.8) is 0 Å². The highest BCUT2D eigenvalue weighted by atomic mass is 19.4. The molecule has 1 unspecified atom stereocenters. The van der Waals surface area contributed by atoms with Crippen molar-refractivity contribution >= 4 is 5.91 Å². The number of hydrogen-bond acceptors (Lipinski definition) is 5. The van der Waals surface area contributed by atoms with Crippen LogP contribution in [0.25, 0.3) is 0 Å². The summed E-state index contributed by atoms with van der Waals surface area (Å²) in [6.45, 7) is 7.97. The van der Waals surface area contributed by atoms with Gasteiger partial charge in [0.25, 0.3) is 5.91 Å². The molecule has 1 amide bonds. The lowest BCUT2D eigenvalue weighted by atomic mass is 10.1. The molecule has 3 N–H and O–H groups in total. The smallest absolute Gasteiger partial charge is 0.422 e. The maximum atomic E-state index is 12.2. The molecule has 2 heterocycles. The van der Waals surface area contributed by atoms with Crippen molar-refractivity contribution in [2.75, 3.05) is 6.61 Å². The third-order valence-corrected chi connectivity index (χ3v) is 3.15. The molecule has 2 aromatic heterocycles. The molecule has 0 saturated carbocycles. The molecule has 0 aliphatic heterocycles. The van der Waals surface area contributed by atoms with Crippen LogP contribution in [0.3, 0.4) is 0 Å². The molecule has 0 aliphatic carbocycles. The highest BCUT2D eigenvalue weighted by molar-refractivity contribution is 5.94. The van der Waals surface area contributed by atoms with Crippen LogP contribution in [0.4, 0.5) is 13.2 Å². The van der Waals surface area contributed by atoms with Crippen LogP contribution in [0.1, 0.15) is 55.4 Å². The predicted octanol–water partition coefficient (Wildman–Crippen LogP) is 3.96. The Balaban J connectivity index is 0.000000749. The van der Waals surface area contributed by atoms with Crippen molar-refractivity contribution in [2.24, 2.45) is 5.73 Å². The summed E-state index contributed by atoms with van der Waals surface area (Å²) in [7, 11) is 0. The standard InChI is InChI=1S/C16H16F3N3O2.C4H11N/c1-10-7-13(4-5-20-10)15(23)22-11(2)12-3-6-21-14(8-12)24-9-16(17,18)19;1-4(2,3)5/h3-8,11H,9H2,1-2H3,(H,22,23);5H2,1-3H3. The summed E-state index contributed by atoms with van der Waals surface area (Å²) in [5, 5.41) is 2.77. The summed E-state index contributed by atoms with van der Waals surface area (Å²) in [6.07, 6.45) is -1.57. The van der Waals surface area contributed by atoms with Gasteiger partial charge in [-0.15, -0.1) is 0 Å². The average molecular weight is 412 g/mol. The van der Waals surface area contributed by atoms with Crippen molar-refractivity contribution in [3.05, 3.63) is 53.5 Å². The van der Waals surface area contributed by atoms with Gasteiger partial charge in [-0.2, -0.15) is 13.2 Å². The summed E-state index contributed by atoms with van der Waals surface area (Å²) in [4.78, 5) is 19.9. The van der Waals surface area contributed by atoms with Gasteiger partial charge >= 0.3 is 6.18 Å². The fourth-order valence-corrected chi connectivity index (χ4v) is 1.98. The van der Waals surface area contributed by atoms with E-state index in [4.69, 9.17) is 5.73 Å². The number of nitrogens with one attached hydrogen (secondary N) is 1. The molecule has 0 aromatic carbocycles. The van der Waals surface area contributed by atoms with E-state index < -0.39 is 18.8 Å². The lowest BCUT2D eigenvalue weighted by Gasteiger charge is -2.15. The molecule has 9 heteroatoms. The van der Waals surface area contributed by atoms with E-state index in [0.717, 1.165) is 0 Å². The van der Waals surface area contributed by atoms with E-state index in [1.54, 1.807) is 32.0 Å². The molecular formula is C20H27F3N4O2. The predicted molar refractivity (Wildman–Crippen MR) is 105 cm³/mol. The van der Waals surface area contributed by atoms with Gasteiger partial charge in [-0.1, -0.05) is 0 Å². The van der Waals surface area contributed by atoms with Crippen LogP contribution in [0.15, 0.2) is 36.7 Å². The number of alkyl halides is 3. The first kappa shape index (κ1) is 24.4. The van der Waals surface area contributed by atoms with Crippen molar-refractivity contribution in [1.82, 2.24) is 15.3 Å². The number of ether oxygens (including phenoxy) is 1. The number of aryl methyl sites for hydroxylation is 1. The Morgan fingerprint density at radius 2 is 1.76 bits per heavy atom. The molecule has 2 rings (SSSR count). The van der Waals surface area contributed by atoms with E-state index in [1.165, 1.54) is 18.5 Å². The second-order valence-electron chi connectivity index (χ2n) is 7.58. The Bertz CT molecular complexity index is 799. The second-order valence-corrected chi connectivity index (χ2v) is 7.58. The summed E-state index contributed by atoms with van der Waals surface area (Å²) < 4.78 is 41.1. The molecule has 2 aromatic rings. The number of hydrogen-bond donors (Lipinski definition) is 2. The van der Waals surface area contributed by atoms with E-state index in [0.29, 0.717) is 16.8 Å². The first-order chi connectivity index (χ1) is 13.2. The summed E-state index contributed by atoms with van der Waals surface area (Å²) in [6, 6.07) is 5.77. The zero-order valence-electron chi connectivity index (χ0n) is 17.2. The zero-order chi connectivity index (χ0) is 22.2. The fraction of sp³-hybridized carbons (Fsp3) is 0.450. The maximum absolute atomic E-state index is 12.2. The van der Waals surface area contributed by atoms with Gasteiger partial charge in [0.2, 0.25) is 5.88 Å². The van der Waals surface area contributed by atoms with Crippen LogP contribution in [0.2, 0.25) is 0 Å². The number of nitrogens with zero attached hydrogens (tertiary/aromatic N) is 2. The Morgan fingerprint density at radius 3 is 2.31 bits per heavy atom. The molecule has 0 aliphatic rings. The van der Waals surface area contributed by atoms with E-state index in [9.17, 15) is 18.0 Å². The van der Waals surface area contributed by atoms with Crippen LogP contribution in [0, 0.1) is 6.92 Å². The number of pyridine rings is 2. The normalized spacial score (nSPS) is 12.4. The molecule has 6 nitrogen and oxygen atoms in total. The van der Waals surface area contributed by atoms with Crippen LogP contribution in [-0.2, 0) is 0 Å². The molecule has 0 bridgehead atoms. The van der Waals surface area contributed by atoms with Crippen molar-refractivity contribution in [1.29, 1.82) is 0 Å². The molecule has 0 radical (unpaired) electrons. The maximum Gasteiger partial charge on any atom is 0.422 e. The lowest BCUT2D eigenvalue weighted by molar-refractivity contribution is -0.154. The second kappa shape index (κ2) is 10.2. The minimum absolute atomic E-state index is 0. The van der Waals surface area contributed by atoms with E-state index in [-0.39, 0.29) is 17.3 Å². The first-order valence-electron chi connectivity index (χ1n) is 8.92. The molecule has 29 heavy (non-hydrogen) atoms. The van der Waals surface area contributed by atoms with Crippen LogP contribution >= 0.6 is 0 Å². The van der Waals surface area contributed by atoms with Crippen molar-refractivity contribution in [2.45, 2.75) is 52.4 Å². The number of amides is 1. The van der Waals surface area contributed by atoms with E-state index in [1.807, 2.05) is 20.8 Å². The third kappa shape index (κ3) is 11.0. The number of rotatable bonds is 5. The average Bonchev–Trinajstić information content (AvgIpc) is 2.58. The topological polar surface area (TPSA) is 90.1 Å². The van der Waals surface area contributed by atoms with Crippen LogP contribution in [-0.4, -0.2) is 34.2 Å². The minimum Gasteiger partial charge on any atom is -0.468 e.